The topological polar surface area (TPSA) is 157 Å². The SMILES string of the molecule is COCCNC(=O)CN(C)C(=O)c1ccc(N2CCNCC2)c(NS(=O)(=O)c2cccs2)c1.O=C(O)C(F)(F)F. The number of piperazine rings is 1. The number of anilines is 2. The summed E-state index contributed by atoms with van der Waals surface area (Å²) < 4.78 is 65.3. The van der Waals surface area contributed by atoms with Crippen molar-refractivity contribution in [2.45, 2.75) is 10.4 Å². The van der Waals surface area contributed by atoms with Gasteiger partial charge in [-0.25, -0.2) is 13.2 Å². The van der Waals surface area contributed by atoms with E-state index in [1.807, 2.05) is 0 Å². The number of alkyl halides is 3. The van der Waals surface area contributed by atoms with Crippen molar-refractivity contribution in [2.75, 3.05) is 69.7 Å². The standard InChI is InChI=1S/C21H29N5O5S2.C2HF3O2/c1-25(15-19(27)23-9-12-31-2)21(28)16-5-6-18(26-10-7-22-8-11-26)17(14-16)24-33(29,30)20-4-3-13-32-20;3-2(4,5)1(6)7/h3-6,13-14,22,24H,7-12,15H2,1-2H3,(H,23,27);(H,6,7). The Morgan fingerprint density at radius 1 is 1.20 bits per heavy atom. The first-order valence-electron chi connectivity index (χ1n) is 11.7. The first-order chi connectivity index (χ1) is 18.8. The van der Waals surface area contributed by atoms with Gasteiger partial charge in [-0.05, 0) is 29.6 Å². The highest BCUT2D eigenvalue weighted by molar-refractivity contribution is 7.94. The van der Waals surface area contributed by atoms with Crippen LogP contribution in [0.2, 0.25) is 0 Å². The van der Waals surface area contributed by atoms with Gasteiger partial charge in [0.05, 0.1) is 24.5 Å². The average Bonchev–Trinajstić information content (AvgIpc) is 3.45. The van der Waals surface area contributed by atoms with Crippen molar-refractivity contribution >= 4 is 50.5 Å². The molecule has 1 saturated heterocycles. The van der Waals surface area contributed by atoms with E-state index in [2.05, 4.69) is 20.3 Å². The number of nitrogens with zero attached hydrogens (tertiary/aromatic N) is 2. The number of sulfonamides is 1. The minimum atomic E-state index is -5.08. The number of carbonyl (C=O) groups is 3. The van der Waals surface area contributed by atoms with Gasteiger partial charge in [-0.1, -0.05) is 6.07 Å². The zero-order chi connectivity index (χ0) is 29.9. The van der Waals surface area contributed by atoms with Crippen molar-refractivity contribution in [3.8, 4) is 0 Å². The number of methoxy groups -OCH3 is 1. The smallest absolute Gasteiger partial charge is 0.475 e. The Morgan fingerprint density at radius 2 is 1.85 bits per heavy atom. The zero-order valence-electron chi connectivity index (χ0n) is 21.7. The lowest BCUT2D eigenvalue weighted by Crippen LogP contribution is -2.44. The molecule has 1 aromatic heterocycles. The van der Waals surface area contributed by atoms with Crippen LogP contribution in [0.4, 0.5) is 24.5 Å². The Kier molecular flexibility index (Phi) is 12.2. The second-order valence-corrected chi connectivity index (χ2v) is 11.2. The summed E-state index contributed by atoms with van der Waals surface area (Å²) in [7, 11) is -0.737. The molecule has 1 aliphatic heterocycles. The van der Waals surface area contributed by atoms with E-state index in [0.29, 0.717) is 37.6 Å². The number of thiophene rings is 1. The molecule has 0 unspecified atom stereocenters. The molecular formula is C23H30F3N5O7S2. The van der Waals surface area contributed by atoms with Crippen LogP contribution in [0.15, 0.2) is 39.9 Å². The van der Waals surface area contributed by atoms with Gasteiger partial charge in [0.15, 0.2) is 0 Å². The zero-order valence-corrected chi connectivity index (χ0v) is 23.3. The number of rotatable bonds is 10. The Morgan fingerprint density at radius 3 is 2.40 bits per heavy atom. The molecule has 1 aromatic carbocycles. The third-order valence-corrected chi connectivity index (χ3v) is 8.07. The third-order valence-electron chi connectivity index (χ3n) is 5.30. The first-order valence-corrected chi connectivity index (χ1v) is 14.1. The molecule has 0 saturated carbocycles. The normalized spacial score (nSPS) is 13.6. The summed E-state index contributed by atoms with van der Waals surface area (Å²) in [5.41, 5.74) is 1.31. The van der Waals surface area contributed by atoms with Crippen LogP contribution >= 0.6 is 11.3 Å². The van der Waals surface area contributed by atoms with Crippen LogP contribution in [0.5, 0.6) is 0 Å². The minimum absolute atomic E-state index is 0.127. The maximum Gasteiger partial charge on any atom is 0.490 e. The number of carboxylic acids is 1. The number of hydrogen-bond donors (Lipinski definition) is 4. The molecule has 0 atom stereocenters. The fraction of sp³-hybridized carbons (Fsp3) is 0.435. The third kappa shape index (κ3) is 9.96. The maximum absolute atomic E-state index is 13.0. The molecule has 0 spiro atoms. The van der Waals surface area contributed by atoms with Crippen LogP contribution in [0.1, 0.15) is 10.4 Å². The average molecular weight is 610 g/mol. The highest BCUT2D eigenvalue weighted by atomic mass is 32.2. The lowest BCUT2D eigenvalue weighted by Gasteiger charge is -2.31. The van der Waals surface area contributed by atoms with Crippen molar-refractivity contribution in [2.24, 2.45) is 0 Å². The first kappa shape index (κ1) is 32.8. The lowest BCUT2D eigenvalue weighted by atomic mass is 10.1. The van der Waals surface area contributed by atoms with Crippen LogP contribution in [0, 0.1) is 0 Å². The predicted octanol–water partition coefficient (Wildman–Crippen LogP) is 1.43. The molecule has 2 aromatic rings. The van der Waals surface area contributed by atoms with Gasteiger partial charge in [-0.15, -0.1) is 11.3 Å². The summed E-state index contributed by atoms with van der Waals surface area (Å²) in [6, 6.07) is 8.13. The number of nitrogens with one attached hydrogen (secondary N) is 3. The molecule has 12 nitrogen and oxygen atoms in total. The van der Waals surface area contributed by atoms with Gasteiger partial charge < -0.3 is 30.3 Å². The molecule has 3 rings (SSSR count). The lowest BCUT2D eigenvalue weighted by molar-refractivity contribution is -0.192. The van der Waals surface area contributed by atoms with E-state index in [9.17, 15) is 31.2 Å². The van der Waals surface area contributed by atoms with Gasteiger partial charge in [0.2, 0.25) is 5.91 Å². The molecule has 1 aliphatic rings. The van der Waals surface area contributed by atoms with Crippen LogP contribution in [-0.2, 0) is 24.3 Å². The van der Waals surface area contributed by atoms with Crippen molar-refractivity contribution in [1.82, 2.24) is 15.5 Å². The van der Waals surface area contributed by atoms with Crippen molar-refractivity contribution in [3.05, 3.63) is 41.3 Å². The highest BCUT2D eigenvalue weighted by Gasteiger charge is 2.38. The summed E-state index contributed by atoms with van der Waals surface area (Å²) in [5, 5.41) is 14.8. The number of likely N-dealkylation sites (N-methyl/N-ethyl adjacent to an activating group) is 1. The molecule has 2 heterocycles. The number of hydrogen-bond acceptors (Lipinski definition) is 9. The van der Waals surface area contributed by atoms with Crippen LogP contribution in [-0.4, -0.2) is 102 Å². The quantitative estimate of drug-likeness (QED) is 0.293. The molecule has 17 heteroatoms. The number of benzene rings is 1. The highest BCUT2D eigenvalue weighted by Crippen LogP contribution is 2.31. The van der Waals surface area contributed by atoms with Crippen molar-refractivity contribution in [1.29, 1.82) is 0 Å². The van der Waals surface area contributed by atoms with E-state index in [1.54, 1.807) is 23.6 Å². The van der Waals surface area contributed by atoms with E-state index in [1.165, 1.54) is 31.2 Å². The van der Waals surface area contributed by atoms with Gasteiger partial charge in [-0.2, -0.15) is 13.2 Å². The van der Waals surface area contributed by atoms with Gasteiger partial charge in [0.1, 0.15) is 4.21 Å². The van der Waals surface area contributed by atoms with Crippen molar-refractivity contribution in [3.63, 3.8) is 0 Å². The van der Waals surface area contributed by atoms with Gasteiger partial charge in [0.25, 0.3) is 15.9 Å². The number of aliphatic carboxylic acids is 1. The Balaban J connectivity index is 0.000000708. The van der Waals surface area contributed by atoms with Crippen LogP contribution < -0.4 is 20.3 Å². The number of ether oxygens (including phenoxy) is 1. The fourth-order valence-corrected chi connectivity index (χ4v) is 5.46. The van der Waals surface area contributed by atoms with E-state index in [4.69, 9.17) is 14.6 Å². The molecule has 40 heavy (non-hydrogen) atoms. The van der Waals surface area contributed by atoms with Crippen molar-refractivity contribution < 1.29 is 45.8 Å². The van der Waals surface area contributed by atoms with Gasteiger partial charge in [-0.3, -0.25) is 14.3 Å². The van der Waals surface area contributed by atoms with Crippen LogP contribution in [0.3, 0.4) is 0 Å². The monoisotopic (exact) mass is 609 g/mol. The van der Waals surface area contributed by atoms with Gasteiger partial charge >= 0.3 is 12.1 Å². The van der Waals surface area contributed by atoms with E-state index >= 15 is 0 Å². The molecule has 2 amide bonds. The summed E-state index contributed by atoms with van der Waals surface area (Å²) in [6.45, 7) is 3.58. The van der Waals surface area contributed by atoms with Gasteiger partial charge in [0, 0.05) is 52.4 Å². The molecule has 0 radical (unpaired) electrons. The largest absolute Gasteiger partial charge is 0.490 e. The molecule has 4 N–H and O–H groups in total. The number of halogens is 3. The van der Waals surface area contributed by atoms with E-state index in [0.717, 1.165) is 24.4 Å². The van der Waals surface area contributed by atoms with Crippen LogP contribution in [0.25, 0.3) is 0 Å². The number of amides is 2. The summed E-state index contributed by atoms with van der Waals surface area (Å²) in [4.78, 5) is 37.3. The molecule has 1 fully saturated rings. The molecular weight excluding hydrogens is 579 g/mol. The summed E-state index contributed by atoms with van der Waals surface area (Å²) in [6.07, 6.45) is -5.08. The van der Waals surface area contributed by atoms with E-state index in [-0.39, 0.29) is 28.1 Å². The Bertz CT molecular complexity index is 1250. The number of carboxylic acid groups (broad SMARTS) is 1. The molecule has 0 aliphatic carbocycles. The Hall–Kier alpha value is -3.41. The molecule has 222 valence electrons. The van der Waals surface area contributed by atoms with E-state index < -0.39 is 22.2 Å². The second-order valence-electron chi connectivity index (χ2n) is 8.31. The number of carbonyl (C=O) groups excluding carboxylic acids is 2. The predicted molar refractivity (Wildman–Crippen MR) is 142 cm³/mol. The minimum Gasteiger partial charge on any atom is -0.475 e. The summed E-state index contributed by atoms with van der Waals surface area (Å²) in [5.74, 6) is -3.45. The maximum atomic E-state index is 13.0. The second kappa shape index (κ2) is 14.8. The summed E-state index contributed by atoms with van der Waals surface area (Å²) >= 11 is 1.12. The molecule has 0 bridgehead atoms. The Labute approximate surface area is 233 Å². The fourth-order valence-electron chi connectivity index (χ4n) is 3.40.